The quantitative estimate of drug-likeness (QED) is 0.596. The molecular formula is C23H26Cl3N3O. The Morgan fingerprint density at radius 1 is 0.900 bits per heavy atom. The minimum absolute atomic E-state index is 0.167. The van der Waals surface area contributed by atoms with Gasteiger partial charge >= 0.3 is 0 Å². The van der Waals surface area contributed by atoms with Gasteiger partial charge in [-0.1, -0.05) is 46.9 Å². The van der Waals surface area contributed by atoms with Gasteiger partial charge in [-0.3, -0.25) is 9.69 Å². The van der Waals surface area contributed by atoms with E-state index in [0.29, 0.717) is 16.1 Å². The summed E-state index contributed by atoms with van der Waals surface area (Å²) in [4.78, 5) is 18.6. The van der Waals surface area contributed by atoms with E-state index < -0.39 is 0 Å². The van der Waals surface area contributed by atoms with E-state index in [0.717, 1.165) is 56.3 Å². The molecule has 0 aliphatic carbocycles. The molecule has 0 aromatic heterocycles. The van der Waals surface area contributed by atoms with Crippen LogP contribution in [0.15, 0.2) is 42.5 Å². The molecule has 1 atom stereocenters. The van der Waals surface area contributed by atoms with Crippen LogP contribution in [0.25, 0.3) is 0 Å². The molecule has 7 heteroatoms. The zero-order chi connectivity index (χ0) is 21.3. The zero-order valence-electron chi connectivity index (χ0n) is 17.0. The molecular weight excluding hydrogens is 441 g/mol. The van der Waals surface area contributed by atoms with E-state index in [1.165, 1.54) is 5.56 Å². The number of halogens is 3. The van der Waals surface area contributed by atoms with Crippen LogP contribution in [0.3, 0.4) is 0 Å². The monoisotopic (exact) mass is 465 g/mol. The number of likely N-dealkylation sites (tertiary alicyclic amines) is 1. The minimum Gasteiger partial charge on any atom is -0.361 e. The molecule has 2 aromatic rings. The van der Waals surface area contributed by atoms with E-state index in [1.807, 2.05) is 29.2 Å². The van der Waals surface area contributed by atoms with Crippen molar-refractivity contribution in [3.05, 3.63) is 63.1 Å². The Bertz CT molecular complexity index is 897. The van der Waals surface area contributed by atoms with Gasteiger partial charge in [0.15, 0.2) is 0 Å². The van der Waals surface area contributed by atoms with Gasteiger partial charge in [-0.05, 0) is 48.7 Å². The van der Waals surface area contributed by atoms with Crippen LogP contribution in [-0.4, -0.2) is 54.5 Å². The molecule has 4 nitrogen and oxygen atoms in total. The highest BCUT2D eigenvalue weighted by molar-refractivity contribution is 6.36. The summed E-state index contributed by atoms with van der Waals surface area (Å²) in [7, 11) is 0. The molecule has 4 rings (SSSR count). The Kier molecular flexibility index (Phi) is 6.78. The van der Waals surface area contributed by atoms with Gasteiger partial charge in [0.2, 0.25) is 5.91 Å². The maximum Gasteiger partial charge on any atom is 0.219 e. The SMILES string of the molecule is CC(=O)N1CCC(N2CCN(c3ccc(Cl)cc3Cl)C(c3ccc(Cl)cc3)C2)CC1. The number of benzene rings is 2. The van der Waals surface area contributed by atoms with Crippen molar-refractivity contribution in [1.82, 2.24) is 9.80 Å². The summed E-state index contributed by atoms with van der Waals surface area (Å²) in [5, 5.41) is 2.05. The number of hydrogen-bond acceptors (Lipinski definition) is 3. The van der Waals surface area contributed by atoms with E-state index in [4.69, 9.17) is 34.8 Å². The Labute approximate surface area is 193 Å². The smallest absolute Gasteiger partial charge is 0.219 e. The van der Waals surface area contributed by atoms with Gasteiger partial charge < -0.3 is 9.80 Å². The Balaban J connectivity index is 1.57. The van der Waals surface area contributed by atoms with Crippen LogP contribution in [0, 0.1) is 0 Å². The van der Waals surface area contributed by atoms with E-state index in [1.54, 1.807) is 13.0 Å². The lowest BCUT2D eigenvalue weighted by molar-refractivity contribution is -0.130. The number of piperidine rings is 1. The summed E-state index contributed by atoms with van der Waals surface area (Å²) in [5.41, 5.74) is 2.23. The molecule has 0 bridgehead atoms. The molecule has 0 saturated carbocycles. The van der Waals surface area contributed by atoms with Crippen molar-refractivity contribution in [2.24, 2.45) is 0 Å². The zero-order valence-corrected chi connectivity index (χ0v) is 19.3. The molecule has 2 heterocycles. The summed E-state index contributed by atoms with van der Waals surface area (Å²) in [5.74, 6) is 0.176. The van der Waals surface area contributed by atoms with Crippen LogP contribution < -0.4 is 4.90 Å². The average molecular weight is 467 g/mol. The molecule has 160 valence electrons. The third-order valence-electron chi connectivity index (χ3n) is 6.31. The second kappa shape index (κ2) is 9.35. The first kappa shape index (κ1) is 21.8. The number of hydrogen-bond donors (Lipinski definition) is 0. The van der Waals surface area contributed by atoms with Gasteiger partial charge in [-0.25, -0.2) is 0 Å². The molecule has 1 unspecified atom stereocenters. The van der Waals surface area contributed by atoms with Crippen LogP contribution in [0.1, 0.15) is 31.4 Å². The lowest BCUT2D eigenvalue weighted by atomic mass is 9.97. The normalized spacial score (nSPS) is 21.1. The van der Waals surface area contributed by atoms with Crippen molar-refractivity contribution in [3.8, 4) is 0 Å². The van der Waals surface area contributed by atoms with Crippen LogP contribution in [0.5, 0.6) is 0 Å². The van der Waals surface area contributed by atoms with Crippen LogP contribution >= 0.6 is 34.8 Å². The van der Waals surface area contributed by atoms with Crippen molar-refractivity contribution >= 4 is 46.4 Å². The van der Waals surface area contributed by atoms with Crippen LogP contribution in [-0.2, 0) is 4.79 Å². The molecule has 2 aliphatic heterocycles. The fourth-order valence-electron chi connectivity index (χ4n) is 4.65. The van der Waals surface area contributed by atoms with Gasteiger partial charge in [0, 0.05) is 55.7 Å². The number of carbonyl (C=O) groups is 1. The summed E-state index contributed by atoms with van der Waals surface area (Å²) < 4.78 is 0. The molecule has 0 N–H and O–H groups in total. The highest BCUT2D eigenvalue weighted by Gasteiger charge is 2.34. The van der Waals surface area contributed by atoms with Gasteiger partial charge in [0.1, 0.15) is 0 Å². The number of piperazine rings is 1. The van der Waals surface area contributed by atoms with E-state index in [2.05, 4.69) is 21.9 Å². The van der Waals surface area contributed by atoms with Gasteiger partial charge in [-0.15, -0.1) is 0 Å². The first-order valence-corrected chi connectivity index (χ1v) is 11.5. The summed E-state index contributed by atoms with van der Waals surface area (Å²) in [6.07, 6.45) is 2.04. The van der Waals surface area contributed by atoms with E-state index in [-0.39, 0.29) is 11.9 Å². The number of anilines is 1. The molecule has 1 amide bonds. The van der Waals surface area contributed by atoms with Crippen molar-refractivity contribution in [3.63, 3.8) is 0 Å². The highest BCUT2D eigenvalue weighted by Crippen LogP contribution is 2.37. The fraction of sp³-hybridized carbons (Fsp3) is 0.435. The van der Waals surface area contributed by atoms with Crippen molar-refractivity contribution in [2.45, 2.75) is 31.8 Å². The average Bonchev–Trinajstić information content (AvgIpc) is 2.74. The topological polar surface area (TPSA) is 26.8 Å². The Morgan fingerprint density at radius 3 is 2.20 bits per heavy atom. The van der Waals surface area contributed by atoms with Crippen molar-refractivity contribution in [2.75, 3.05) is 37.6 Å². The first-order chi connectivity index (χ1) is 14.4. The van der Waals surface area contributed by atoms with E-state index in [9.17, 15) is 4.79 Å². The maximum absolute atomic E-state index is 11.7. The second-order valence-corrected chi connectivity index (χ2v) is 9.37. The molecule has 2 aromatic carbocycles. The molecule has 2 aliphatic rings. The lowest BCUT2D eigenvalue weighted by Crippen LogP contribution is -2.54. The highest BCUT2D eigenvalue weighted by atomic mass is 35.5. The molecule has 30 heavy (non-hydrogen) atoms. The Morgan fingerprint density at radius 2 is 1.57 bits per heavy atom. The molecule has 2 fully saturated rings. The minimum atomic E-state index is 0.167. The first-order valence-electron chi connectivity index (χ1n) is 10.4. The third kappa shape index (κ3) is 4.72. The maximum atomic E-state index is 11.7. The number of amides is 1. The van der Waals surface area contributed by atoms with Gasteiger partial charge in [0.25, 0.3) is 0 Å². The van der Waals surface area contributed by atoms with Crippen molar-refractivity contribution in [1.29, 1.82) is 0 Å². The van der Waals surface area contributed by atoms with Crippen LogP contribution in [0.2, 0.25) is 15.1 Å². The standard InChI is InChI=1S/C23H26Cl3N3O/c1-16(30)27-10-8-20(9-11-27)28-12-13-29(22-7-6-19(25)14-21(22)26)23(15-28)17-2-4-18(24)5-3-17/h2-7,14,20,23H,8-13,15H2,1H3. The predicted octanol–water partition coefficient (Wildman–Crippen LogP) is 5.52. The van der Waals surface area contributed by atoms with Crippen LogP contribution in [0.4, 0.5) is 5.69 Å². The summed E-state index contributed by atoms with van der Waals surface area (Å²) >= 11 is 18.8. The van der Waals surface area contributed by atoms with Crippen molar-refractivity contribution < 1.29 is 4.79 Å². The Hall–Kier alpha value is -1.46. The predicted molar refractivity (Wildman–Crippen MR) is 125 cm³/mol. The molecule has 0 spiro atoms. The lowest BCUT2D eigenvalue weighted by Gasteiger charge is -2.47. The molecule has 0 radical (unpaired) electrons. The fourth-order valence-corrected chi connectivity index (χ4v) is 5.30. The second-order valence-electron chi connectivity index (χ2n) is 8.09. The summed E-state index contributed by atoms with van der Waals surface area (Å²) in [6.45, 7) is 6.09. The van der Waals surface area contributed by atoms with Gasteiger partial charge in [0.05, 0.1) is 16.8 Å². The third-order valence-corrected chi connectivity index (χ3v) is 7.10. The number of nitrogens with zero attached hydrogens (tertiary/aromatic N) is 3. The number of rotatable bonds is 3. The van der Waals surface area contributed by atoms with E-state index >= 15 is 0 Å². The molecule has 2 saturated heterocycles. The van der Waals surface area contributed by atoms with Gasteiger partial charge in [-0.2, -0.15) is 0 Å². The number of carbonyl (C=O) groups excluding carboxylic acids is 1. The summed E-state index contributed by atoms with van der Waals surface area (Å²) in [6, 6.07) is 14.5. The largest absolute Gasteiger partial charge is 0.361 e.